The van der Waals surface area contributed by atoms with Gasteiger partial charge in [0.1, 0.15) is 5.69 Å². The number of aryl methyl sites for hydroxylation is 1. The second kappa shape index (κ2) is 7.18. The van der Waals surface area contributed by atoms with Gasteiger partial charge in [-0.15, -0.1) is 0 Å². The van der Waals surface area contributed by atoms with Gasteiger partial charge >= 0.3 is 0 Å². The van der Waals surface area contributed by atoms with E-state index in [0.29, 0.717) is 17.3 Å². The zero-order valence-electron chi connectivity index (χ0n) is 12.1. The lowest BCUT2D eigenvalue weighted by molar-refractivity contribution is 0.0944. The molecule has 3 N–H and O–H groups in total. The molecule has 1 aromatic carbocycles. The van der Waals surface area contributed by atoms with Crippen molar-refractivity contribution >= 4 is 23.2 Å². The third-order valence-corrected chi connectivity index (χ3v) is 3.45. The van der Waals surface area contributed by atoms with Crippen molar-refractivity contribution in [1.29, 1.82) is 0 Å². The van der Waals surface area contributed by atoms with Gasteiger partial charge in [-0.3, -0.25) is 4.79 Å². The molecule has 0 bridgehead atoms. The monoisotopic (exact) mass is 305 g/mol. The predicted molar refractivity (Wildman–Crippen MR) is 86.6 cm³/mol. The Balaban J connectivity index is 1.91. The zero-order valence-corrected chi connectivity index (χ0v) is 12.9. The van der Waals surface area contributed by atoms with Crippen LogP contribution in [0.1, 0.15) is 29.4 Å². The molecule has 0 aliphatic carbocycles. The third kappa shape index (κ3) is 4.26. The molecule has 0 spiro atoms. The fourth-order valence-electron chi connectivity index (χ4n) is 2.19. The van der Waals surface area contributed by atoms with Gasteiger partial charge in [0.15, 0.2) is 0 Å². The van der Waals surface area contributed by atoms with Crippen LogP contribution in [0, 0.1) is 0 Å². The Labute approximate surface area is 129 Å². The number of rotatable bonds is 6. The third-order valence-electron chi connectivity index (χ3n) is 3.24. The van der Waals surface area contributed by atoms with Gasteiger partial charge in [-0.2, -0.15) is 0 Å². The first-order chi connectivity index (χ1) is 10.1. The maximum absolute atomic E-state index is 12.2. The van der Waals surface area contributed by atoms with Crippen LogP contribution in [0.25, 0.3) is 0 Å². The minimum absolute atomic E-state index is 0.0919. The molecule has 0 radical (unpaired) electrons. The van der Waals surface area contributed by atoms with E-state index in [4.69, 9.17) is 17.3 Å². The summed E-state index contributed by atoms with van der Waals surface area (Å²) in [6, 6.07) is 9.37. The molecule has 0 aliphatic rings. The first-order valence-corrected chi connectivity index (χ1v) is 7.46. The first kappa shape index (κ1) is 15.4. The van der Waals surface area contributed by atoms with Crippen LogP contribution in [0.5, 0.6) is 0 Å². The van der Waals surface area contributed by atoms with E-state index in [-0.39, 0.29) is 5.91 Å². The average Bonchev–Trinajstić information content (AvgIpc) is 2.82. The van der Waals surface area contributed by atoms with Crippen molar-refractivity contribution in [2.24, 2.45) is 0 Å². The molecule has 0 unspecified atom stereocenters. The lowest BCUT2D eigenvalue weighted by atomic mass is 10.1. The van der Waals surface area contributed by atoms with Crippen molar-refractivity contribution < 1.29 is 4.79 Å². The molecule has 5 heteroatoms. The Morgan fingerprint density at radius 3 is 2.71 bits per heavy atom. The van der Waals surface area contributed by atoms with E-state index in [1.165, 1.54) is 0 Å². The Hall–Kier alpha value is -1.94. The largest absolute Gasteiger partial charge is 0.399 e. The summed E-state index contributed by atoms with van der Waals surface area (Å²) >= 11 is 5.98. The van der Waals surface area contributed by atoms with Crippen LogP contribution in [0.4, 0.5) is 5.69 Å². The number of nitrogens with two attached hydrogens (primary N) is 1. The van der Waals surface area contributed by atoms with Crippen LogP contribution in [0.2, 0.25) is 5.02 Å². The molecule has 0 atom stereocenters. The molecule has 0 saturated carbocycles. The predicted octanol–water partition coefficient (Wildman–Crippen LogP) is 3.11. The van der Waals surface area contributed by atoms with Gasteiger partial charge in [0.05, 0.1) is 5.02 Å². The van der Waals surface area contributed by atoms with Crippen LogP contribution in [0.15, 0.2) is 36.5 Å². The number of carbonyl (C=O) groups excluding carboxylic acids is 1. The van der Waals surface area contributed by atoms with Gasteiger partial charge in [-0.1, -0.05) is 30.7 Å². The number of amides is 1. The Bertz CT molecular complexity index is 604. The van der Waals surface area contributed by atoms with Crippen molar-refractivity contribution in [3.05, 3.63) is 52.8 Å². The number of hydrogen-bond donors (Lipinski definition) is 2. The average molecular weight is 306 g/mol. The maximum atomic E-state index is 12.2. The summed E-state index contributed by atoms with van der Waals surface area (Å²) < 4.78 is 1.89. The van der Waals surface area contributed by atoms with Gasteiger partial charge in [-0.05, 0) is 36.6 Å². The van der Waals surface area contributed by atoms with Crippen LogP contribution < -0.4 is 11.1 Å². The molecule has 2 aromatic rings. The highest BCUT2D eigenvalue weighted by Gasteiger charge is 2.12. The van der Waals surface area contributed by atoms with Crippen LogP contribution in [-0.2, 0) is 13.0 Å². The highest BCUT2D eigenvalue weighted by molar-refractivity contribution is 6.31. The number of nitrogens with one attached hydrogen (secondary N) is 1. The second-order valence-electron chi connectivity index (χ2n) is 4.98. The lowest BCUT2D eigenvalue weighted by Gasteiger charge is -2.09. The number of aromatic nitrogens is 1. The SMILES string of the molecule is CCCn1cc(Cl)cc1C(=O)NCCc1ccc(N)cc1. The number of anilines is 1. The molecule has 0 aliphatic heterocycles. The molecule has 21 heavy (non-hydrogen) atoms. The van der Waals surface area contributed by atoms with E-state index in [1.54, 1.807) is 12.3 Å². The molecule has 1 heterocycles. The number of nitrogen functional groups attached to an aromatic ring is 1. The van der Waals surface area contributed by atoms with Gasteiger partial charge < -0.3 is 15.6 Å². The summed E-state index contributed by atoms with van der Waals surface area (Å²) in [6.45, 7) is 3.43. The van der Waals surface area contributed by atoms with E-state index >= 15 is 0 Å². The summed E-state index contributed by atoms with van der Waals surface area (Å²) in [5.41, 5.74) is 8.14. The van der Waals surface area contributed by atoms with Crippen molar-refractivity contribution in [1.82, 2.24) is 9.88 Å². The van der Waals surface area contributed by atoms with Crippen LogP contribution in [-0.4, -0.2) is 17.0 Å². The summed E-state index contributed by atoms with van der Waals surface area (Å²) in [5.74, 6) is -0.0919. The second-order valence-corrected chi connectivity index (χ2v) is 5.42. The summed E-state index contributed by atoms with van der Waals surface area (Å²) in [4.78, 5) is 12.2. The van der Waals surface area contributed by atoms with Crippen molar-refractivity contribution in [3.8, 4) is 0 Å². The number of nitrogens with zero attached hydrogens (tertiary/aromatic N) is 1. The Morgan fingerprint density at radius 1 is 1.33 bits per heavy atom. The number of halogens is 1. The van der Waals surface area contributed by atoms with Gasteiger partial charge in [0.25, 0.3) is 5.91 Å². The minimum Gasteiger partial charge on any atom is -0.399 e. The van der Waals surface area contributed by atoms with Crippen molar-refractivity contribution in [3.63, 3.8) is 0 Å². The lowest BCUT2D eigenvalue weighted by Crippen LogP contribution is -2.27. The highest BCUT2D eigenvalue weighted by Crippen LogP contribution is 2.14. The normalized spacial score (nSPS) is 10.6. The molecular weight excluding hydrogens is 286 g/mol. The van der Waals surface area contributed by atoms with Crippen molar-refractivity contribution in [2.75, 3.05) is 12.3 Å². The van der Waals surface area contributed by atoms with Gasteiger partial charge in [-0.25, -0.2) is 0 Å². The molecule has 112 valence electrons. The first-order valence-electron chi connectivity index (χ1n) is 7.08. The molecule has 2 rings (SSSR count). The van der Waals surface area contributed by atoms with Gasteiger partial charge in [0.2, 0.25) is 0 Å². The fourth-order valence-corrected chi connectivity index (χ4v) is 2.41. The van der Waals surface area contributed by atoms with E-state index < -0.39 is 0 Å². The minimum atomic E-state index is -0.0919. The Kier molecular flexibility index (Phi) is 5.28. The van der Waals surface area contributed by atoms with E-state index in [0.717, 1.165) is 30.6 Å². The van der Waals surface area contributed by atoms with Gasteiger partial charge in [0, 0.05) is 25.0 Å². The Morgan fingerprint density at radius 2 is 2.05 bits per heavy atom. The summed E-state index contributed by atoms with van der Waals surface area (Å²) in [6.07, 6.45) is 3.52. The summed E-state index contributed by atoms with van der Waals surface area (Å²) in [5, 5.41) is 3.51. The van der Waals surface area contributed by atoms with Crippen LogP contribution in [0.3, 0.4) is 0 Å². The fraction of sp³-hybridized carbons (Fsp3) is 0.312. The smallest absolute Gasteiger partial charge is 0.267 e. The molecule has 1 amide bonds. The number of carbonyl (C=O) groups is 1. The quantitative estimate of drug-likeness (QED) is 0.806. The van der Waals surface area contributed by atoms with Crippen molar-refractivity contribution in [2.45, 2.75) is 26.3 Å². The zero-order chi connectivity index (χ0) is 15.2. The molecule has 1 aromatic heterocycles. The van der Waals surface area contributed by atoms with E-state index in [9.17, 15) is 4.79 Å². The number of benzene rings is 1. The molecular formula is C16H20ClN3O. The standard InChI is InChI=1S/C16H20ClN3O/c1-2-9-20-11-13(17)10-15(20)16(21)19-8-7-12-3-5-14(18)6-4-12/h3-6,10-11H,2,7-9,18H2,1H3,(H,19,21). The van der Waals surface area contributed by atoms with Crippen LogP contribution >= 0.6 is 11.6 Å². The van der Waals surface area contributed by atoms with E-state index in [2.05, 4.69) is 12.2 Å². The molecule has 0 fully saturated rings. The topological polar surface area (TPSA) is 60.0 Å². The highest BCUT2D eigenvalue weighted by atomic mass is 35.5. The molecule has 4 nitrogen and oxygen atoms in total. The summed E-state index contributed by atoms with van der Waals surface area (Å²) in [7, 11) is 0. The van der Waals surface area contributed by atoms with E-state index in [1.807, 2.05) is 28.8 Å². The maximum Gasteiger partial charge on any atom is 0.267 e. The number of hydrogen-bond acceptors (Lipinski definition) is 2. The molecule has 0 saturated heterocycles.